The predicted octanol–water partition coefficient (Wildman–Crippen LogP) is 2.34. The van der Waals surface area contributed by atoms with Gasteiger partial charge in [0.1, 0.15) is 23.9 Å². The number of carbonyl (C=O) groups excluding carboxylic acids is 7. The molecule has 3 aliphatic rings. The van der Waals surface area contributed by atoms with Crippen LogP contribution >= 0.6 is 0 Å². The molecule has 0 radical (unpaired) electrons. The smallest absolute Gasteiger partial charge is 0.290 e. The van der Waals surface area contributed by atoms with Crippen LogP contribution in [0.4, 0.5) is 0 Å². The molecule has 6 atom stereocenters. The van der Waals surface area contributed by atoms with Crippen LogP contribution in [0.1, 0.15) is 88.3 Å². The van der Waals surface area contributed by atoms with Gasteiger partial charge in [-0.2, -0.15) is 0 Å². The molecule has 60 heavy (non-hydrogen) atoms. The fourth-order valence-electron chi connectivity index (χ4n) is 8.10. The lowest BCUT2D eigenvalue weighted by Crippen LogP contribution is -2.58. The van der Waals surface area contributed by atoms with Crippen molar-refractivity contribution < 1.29 is 47.8 Å². The molecule has 1 saturated carbocycles. The minimum absolute atomic E-state index is 0.0292. The Morgan fingerprint density at radius 2 is 1.70 bits per heavy atom. The number of carbonyl (C=O) groups is 7. The van der Waals surface area contributed by atoms with Crippen LogP contribution < -0.4 is 26.0 Å². The summed E-state index contributed by atoms with van der Waals surface area (Å²) >= 11 is 0. The fourth-order valence-corrected chi connectivity index (χ4v) is 8.10. The van der Waals surface area contributed by atoms with Crippen LogP contribution in [0.3, 0.4) is 0 Å². The highest BCUT2D eigenvalue weighted by Crippen LogP contribution is 2.31. The van der Waals surface area contributed by atoms with Crippen molar-refractivity contribution in [3.63, 3.8) is 0 Å². The number of rotatable bonds is 13. The Bertz CT molecular complexity index is 1820. The second-order valence-corrected chi connectivity index (χ2v) is 16.0. The van der Waals surface area contributed by atoms with E-state index >= 15 is 0 Å². The van der Waals surface area contributed by atoms with E-state index in [4.69, 9.17) is 14.2 Å². The molecular formula is C44H60N6O10. The summed E-state index contributed by atoms with van der Waals surface area (Å²) in [5, 5.41) is 10.7. The molecule has 2 aliphatic heterocycles. The van der Waals surface area contributed by atoms with Crippen molar-refractivity contribution in [2.75, 3.05) is 40.9 Å². The van der Waals surface area contributed by atoms with Crippen LogP contribution in [-0.4, -0.2) is 122 Å². The molecule has 326 valence electrons. The maximum absolute atomic E-state index is 14.7. The zero-order valence-corrected chi connectivity index (χ0v) is 35.1. The third-order valence-electron chi connectivity index (χ3n) is 11.2. The van der Waals surface area contributed by atoms with Crippen LogP contribution in [0.15, 0.2) is 54.6 Å². The average molecular weight is 833 g/mol. The highest BCUT2D eigenvalue weighted by molar-refractivity contribution is 6.38. The molecule has 1 saturated heterocycles. The lowest BCUT2D eigenvalue weighted by molar-refractivity contribution is -0.158. The largest absolute Gasteiger partial charge is 0.494 e. The summed E-state index contributed by atoms with van der Waals surface area (Å²) in [6, 6.07) is 11.6. The van der Waals surface area contributed by atoms with Crippen LogP contribution in [0, 0.1) is 5.92 Å². The third-order valence-corrected chi connectivity index (χ3v) is 11.2. The summed E-state index contributed by atoms with van der Waals surface area (Å²) in [5.74, 6) is -4.06. The Hall–Kier alpha value is -5.35. The number of fused-ring (bicyclic) bond motifs is 4. The van der Waals surface area contributed by atoms with Crippen molar-refractivity contribution in [1.29, 1.82) is 0 Å². The van der Waals surface area contributed by atoms with Crippen molar-refractivity contribution >= 4 is 41.2 Å². The molecule has 16 heteroatoms. The first-order valence-electron chi connectivity index (χ1n) is 21.1. The van der Waals surface area contributed by atoms with E-state index in [1.807, 2.05) is 24.3 Å². The van der Waals surface area contributed by atoms with E-state index in [1.54, 1.807) is 51.4 Å². The SMILES string of the molecule is CCC[C@H](NC(=O)C1C[C@@H]2CN1C(=O)[C@@H](C1CCCCC1)NC(=O)Cc1cccc(c1)OCCCC(OC)O2)C(=O)C(=O)NCC(=O)N[C@H](C(=O)N(C)C)c1ccccc1. The van der Waals surface area contributed by atoms with E-state index < -0.39 is 72.5 Å². The highest BCUT2D eigenvalue weighted by atomic mass is 16.7. The summed E-state index contributed by atoms with van der Waals surface area (Å²) in [5.41, 5.74) is 1.27. The maximum atomic E-state index is 14.7. The Morgan fingerprint density at radius 1 is 0.950 bits per heavy atom. The van der Waals surface area contributed by atoms with E-state index in [-0.39, 0.29) is 43.5 Å². The van der Waals surface area contributed by atoms with Gasteiger partial charge in [0.25, 0.3) is 5.91 Å². The molecule has 6 amide bonds. The quantitative estimate of drug-likeness (QED) is 0.217. The minimum Gasteiger partial charge on any atom is -0.494 e. The van der Waals surface area contributed by atoms with Gasteiger partial charge in [-0.3, -0.25) is 33.6 Å². The molecule has 0 aromatic heterocycles. The van der Waals surface area contributed by atoms with Gasteiger partial charge in [-0.15, -0.1) is 0 Å². The molecular weight excluding hydrogens is 773 g/mol. The van der Waals surface area contributed by atoms with Gasteiger partial charge in [0, 0.05) is 40.6 Å². The van der Waals surface area contributed by atoms with Gasteiger partial charge in [0.2, 0.25) is 35.3 Å². The molecule has 2 heterocycles. The summed E-state index contributed by atoms with van der Waals surface area (Å²) in [4.78, 5) is 98.1. The van der Waals surface area contributed by atoms with Gasteiger partial charge in [-0.1, -0.05) is 75.1 Å². The molecule has 1 aliphatic carbocycles. The third kappa shape index (κ3) is 12.6. The summed E-state index contributed by atoms with van der Waals surface area (Å²) in [6.07, 6.45) is 4.71. The summed E-state index contributed by atoms with van der Waals surface area (Å²) in [7, 11) is 4.64. The lowest BCUT2D eigenvalue weighted by Gasteiger charge is -2.35. The molecule has 2 aromatic carbocycles. The number of ether oxygens (including phenoxy) is 3. The number of Topliss-reactive ketones (excluding diaryl/α,β-unsaturated/α-hetero) is 1. The van der Waals surface area contributed by atoms with Gasteiger partial charge in [-0.05, 0) is 54.9 Å². The fraction of sp³-hybridized carbons (Fsp3) is 0.568. The summed E-state index contributed by atoms with van der Waals surface area (Å²) in [6.45, 7) is 1.60. The Labute approximate surface area is 351 Å². The molecule has 2 fully saturated rings. The second-order valence-electron chi connectivity index (χ2n) is 16.0. The van der Waals surface area contributed by atoms with Gasteiger partial charge >= 0.3 is 0 Å². The number of amides is 6. The normalized spacial score (nSPS) is 22.6. The number of ketones is 1. The average Bonchev–Trinajstić information content (AvgIpc) is 3.68. The van der Waals surface area contributed by atoms with E-state index in [2.05, 4.69) is 21.3 Å². The molecule has 2 aromatic rings. The van der Waals surface area contributed by atoms with Crippen LogP contribution in [-0.2, 0) is 49.5 Å². The van der Waals surface area contributed by atoms with E-state index in [0.29, 0.717) is 37.2 Å². The summed E-state index contributed by atoms with van der Waals surface area (Å²) < 4.78 is 17.9. The zero-order valence-electron chi connectivity index (χ0n) is 35.1. The van der Waals surface area contributed by atoms with Gasteiger partial charge in [-0.25, -0.2) is 0 Å². The van der Waals surface area contributed by atoms with Crippen molar-refractivity contribution in [1.82, 2.24) is 31.1 Å². The Balaban J connectivity index is 1.32. The van der Waals surface area contributed by atoms with Gasteiger partial charge in [0.05, 0.1) is 31.7 Å². The second kappa shape index (κ2) is 22.3. The number of methoxy groups -OCH3 is 1. The first-order chi connectivity index (χ1) is 28.9. The number of hydrogen-bond acceptors (Lipinski definition) is 10. The first-order valence-corrected chi connectivity index (χ1v) is 21.1. The first kappa shape index (κ1) is 45.7. The Kier molecular flexibility index (Phi) is 17.0. The molecule has 16 nitrogen and oxygen atoms in total. The molecule has 4 N–H and O–H groups in total. The van der Waals surface area contributed by atoms with Crippen LogP contribution in [0.25, 0.3) is 0 Å². The molecule has 2 unspecified atom stereocenters. The number of hydrogen-bond donors (Lipinski definition) is 4. The van der Waals surface area contributed by atoms with Crippen molar-refractivity contribution in [3.05, 3.63) is 65.7 Å². The van der Waals surface area contributed by atoms with Crippen molar-refractivity contribution in [3.8, 4) is 5.75 Å². The van der Waals surface area contributed by atoms with E-state index in [9.17, 15) is 33.6 Å². The lowest BCUT2D eigenvalue weighted by atomic mass is 9.83. The minimum atomic E-state index is -1.27. The Morgan fingerprint density at radius 3 is 2.40 bits per heavy atom. The monoisotopic (exact) mass is 832 g/mol. The highest BCUT2D eigenvalue weighted by Gasteiger charge is 2.46. The maximum Gasteiger partial charge on any atom is 0.290 e. The van der Waals surface area contributed by atoms with Crippen LogP contribution in [0.5, 0.6) is 5.75 Å². The number of likely N-dealkylation sites (N-methyl/N-ethyl adjacent to an activating group) is 1. The van der Waals surface area contributed by atoms with Crippen molar-refractivity contribution in [2.45, 2.75) is 114 Å². The molecule has 4 bridgehead atoms. The number of nitrogens with one attached hydrogen (secondary N) is 4. The predicted molar refractivity (Wildman–Crippen MR) is 220 cm³/mol. The zero-order chi connectivity index (χ0) is 43.2. The number of benzene rings is 2. The van der Waals surface area contributed by atoms with E-state index in [1.165, 1.54) is 16.9 Å². The van der Waals surface area contributed by atoms with Gasteiger partial charge in [0.15, 0.2) is 6.29 Å². The van der Waals surface area contributed by atoms with Crippen LogP contribution in [0.2, 0.25) is 0 Å². The van der Waals surface area contributed by atoms with E-state index in [0.717, 1.165) is 37.7 Å². The molecule has 0 spiro atoms. The topological polar surface area (TPSA) is 202 Å². The van der Waals surface area contributed by atoms with Gasteiger partial charge < -0.3 is 45.3 Å². The van der Waals surface area contributed by atoms with Crippen molar-refractivity contribution in [2.24, 2.45) is 5.92 Å². The standard InChI is InChI=1S/C44H60N6O10/c1-5-14-33(40(53)42(55)45-26-36(52)48-38(43(56)49(2)3)29-16-8-6-9-17-29)46-41(54)34-25-32-27-50(34)44(57)39(30-18-10-7-11-19-30)47-35(51)24-28-15-12-20-31(23-28)59-22-13-21-37(58-4)60-32/h6,8-9,12,15-17,20,23,30,32-34,37-39H,5,7,10-11,13-14,18-19,21-22,24-27H2,1-4H3,(H,45,55)(H,46,54)(H,47,51)(H,48,52)/t32-,33+,34?,37?,38+,39-/m1/s1. The molecule has 5 rings (SSSR count). The number of nitrogens with zero attached hydrogens (tertiary/aromatic N) is 2.